The van der Waals surface area contributed by atoms with Crippen LogP contribution in [-0.2, 0) is 20.4 Å². The van der Waals surface area contributed by atoms with Crippen molar-refractivity contribution in [1.82, 2.24) is 9.80 Å². The molecule has 0 radical (unpaired) electrons. The average Bonchev–Trinajstić information content (AvgIpc) is 3.80. The molecule has 2 saturated carbocycles. The molecule has 0 spiro atoms. The van der Waals surface area contributed by atoms with Gasteiger partial charge in [-0.15, -0.1) is 0 Å². The molecule has 0 aromatic heterocycles. The molecule has 2 aliphatic carbocycles. The minimum atomic E-state index is -3.12. The van der Waals surface area contributed by atoms with Crippen LogP contribution < -0.4 is 0 Å². The van der Waals surface area contributed by atoms with E-state index in [0.29, 0.717) is 50.5 Å². The van der Waals surface area contributed by atoms with Gasteiger partial charge in [0.05, 0.1) is 11.5 Å². The largest absolute Gasteiger partial charge is 0.380 e. The van der Waals surface area contributed by atoms with Crippen molar-refractivity contribution in [2.45, 2.75) is 43.5 Å². The molecule has 2 aromatic carbocycles. The van der Waals surface area contributed by atoms with Crippen LogP contribution in [-0.4, -0.2) is 72.7 Å². The molecule has 0 unspecified atom stereocenters. The van der Waals surface area contributed by atoms with E-state index in [0.717, 1.165) is 36.0 Å². The van der Waals surface area contributed by atoms with E-state index >= 15 is 0 Å². The predicted molar refractivity (Wildman–Crippen MR) is 133 cm³/mol. The number of rotatable bonds is 8. The number of aliphatic hydroxyl groups is 1. The van der Waals surface area contributed by atoms with Gasteiger partial charge in [0.15, 0.2) is 9.84 Å². The average molecular weight is 497 g/mol. The lowest BCUT2D eigenvalue weighted by Gasteiger charge is -2.35. The molecule has 186 valence electrons. The van der Waals surface area contributed by atoms with Crippen LogP contribution >= 0.6 is 0 Å². The molecule has 3 aliphatic rings. The molecule has 8 heteroatoms. The van der Waals surface area contributed by atoms with Crippen LogP contribution in [0.1, 0.15) is 48.0 Å². The highest BCUT2D eigenvalue weighted by Crippen LogP contribution is 2.37. The Morgan fingerprint density at radius 3 is 2.20 bits per heavy atom. The highest BCUT2D eigenvalue weighted by Gasteiger charge is 2.50. The smallest absolute Gasteiger partial charge is 0.254 e. The lowest BCUT2D eigenvalue weighted by Crippen LogP contribution is -2.53. The van der Waals surface area contributed by atoms with Gasteiger partial charge in [0.2, 0.25) is 0 Å². The van der Waals surface area contributed by atoms with Crippen molar-refractivity contribution >= 4 is 21.7 Å². The molecule has 1 saturated heterocycles. The summed E-state index contributed by atoms with van der Waals surface area (Å²) in [7, 11) is -3.12. The van der Waals surface area contributed by atoms with Gasteiger partial charge in [-0.2, -0.15) is 0 Å². The number of benzene rings is 2. The molecule has 1 aliphatic heterocycles. The minimum Gasteiger partial charge on any atom is -0.380 e. The van der Waals surface area contributed by atoms with Crippen molar-refractivity contribution in [3.05, 3.63) is 59.7 Å². The first-order valence-corrected chi connectivity index (χ1v) is 14.3. The number of hydrogen-bond donors (Lipinski definition) is 1. The Kier molecular flexibility index (Phi) is 6.44. The number of sulfone groups is 1. The Morgan fingerprint density at radius 2 is 1.57 bits per heavy atom. The van der Waals surface area contributed by atoms with Gasteiger partial charge >= 0.3 is 0 Å². The molecule has 0 bridgehead atoms. The maximum absolute atomic E-state index is 13.0. The van der Waals surface area contributed by atoms with Crippen LogP contribution in [0.4, 0.5) is 0 Å². The lowest BCUT2D eigenvalue weighted by atomic mass is 10.0. The van der Waals surface area contributed by atoms with Crippen LogP contribution in [0.2, 0.25) is 0 Å². The van der Waals surface area contributed by atoms with Gasteiger partial charge in [0.1, 0.15) is 5.60 Å². The zero-order valence-electron chi connectivity index (χ0n) is 19.9. The van der Waals surface area contributed by atoms with Crippen LogP contribution in [0.3, 0.4) is 0 Å². The van der Waals surface area contributed by atoms with Gasteiger partial charge in [-0.25, -0.2) is 8.42 Å². The normalized spacial score (nSPS) is 19.5. The Labute approximate surface area is 206 Å². The van der Waals surface area contributed by atoms with Crippen LogP contribution in [0, 0.1) is 5.92 Å². The van der Waals surface area contributed by atoms with Gasteiger partial charge in [0, 0.05) is 31.7 Å². The van der Waals surface area contributed by atoms with E-state index in [-0.39, 0.29) is 23.3 Å². The van der Waals surface area contributed by atoms with Crippen LogP contribution in [0.15, 0.2) is 48.5 Å². The van der Waals surface area contributed by atoms with Gasteiger partial charge in [0.25, 0.3) is 11.8 Å². The molecule has 35 heavy (non-hydrogen) atoms. The van der Waals surface area contributed by atoms with Crippen molar-refractivity contribution < 1.29 is 23.1 Å². The highest BCUT2D eigenvalue weighted by atomic mass is 32.2. The summed E-state index contributed by atoms with van der Waals surface area (Å²) >= 11 is 0. The van der Waals surface area contributed by atoms with Crippen LogP contribution in [0.25, 0.3) is 11.1 Å². The Morgan fingerprint density at radius 1 is 0.914 bits per heavy atom. The first-order valence-electron chi connectivity index (χ1n) is 12.4. The lowest BCUT2D eigenvalue weighted by molar-refractivity contribution is -0.143. The number of carbonyl (C=O) groups is 2. The summed E-state index contributed by atoms with van der Waals surface area (Å²) in [6, 6.07) is 14.9. The second-order valence-corrected chi connectivity index (χ2v) is 12.4. The highest BCUT2D eigenvalue weighted by molar-refractivity contribution is 7.90. The molecule has 5 rings (SSSR count). The maximum Gasteiger partial charge on any atom is 0.254 e. The quantitative estimate of drug-likeness (QED) is 0.607. The van der Waals surface area contributed by atoms with Crippen molar-refractivity contribution in [3.8, 4) is 11.1 Å². The number of nitrogens with zero attached hydrogens (tertiary/aromatic N) is 2. The molecule has 2 aromatic rings. The Bertz CT molecular complexity index is 1210. The van der Waals surface area contributed by atoms with E-state index in [1.54, 1.807) is 21.9 Å². The monoisotopic (exact) mass is 496 g/mol. The number of piperazine rings is 1. The van der Waals surface area contributed by atoms with E-state index in [1.165, 1.54) is 0 Å². The van der Waals surface area contributed by atoms with Crippen molar-refractivity contribution in [3.63, 3.8) is 0 Å². The summed E-state index contributed by atoms with van der Waals surface area (Å²) in [6.07, 6.45) is 4.13. The fourth-order valence-electron chi connectivity index (χ4n) is 4.65. The number of hydrogen-bond acceptors (Lipinski definition) is 5. The summed E-state index contributed by atoms with van der Waals surface area (Å²) in [6.45, 7) is 1.75. The molecule has 1 N–H and O–H groups in total. The van der Waals surface area contributed by atoms with E-state index in [2.05, 4.69) is 0 Å². The minimum absolute atomic E-state index is 0.0516. The van der Waals surface area contributed by atoms with E-state index in [4.69, 9.17) is 0 Å². The third kappa shape index (κ3) is 5.76. The van der Waals surface area contributed by atoms with E-state index in [1.807, 2.05) is 36.4 Å². The zero-order chi connectivity index (χ0) is 24.6. The summed E-state index contributed by atoms with van der Waals surface area (Å²) in [5, 5.41) is 10.0. The zero-order valence-corrected chi connectivity index (χ0v) is 20.7. The third-order valence-corrected chi connectivity index (χ3v) is 8.92. The molecule has 2 amide bonds. The van der Waals surface area contributed by atoms with Crippen molar-refractivity contribution in [2.75, 3.05) is 31.9 Å². The van der Waals surface area contributed by atoms with Crippen LogP contribution in [0.5, 0.6) is 0 Å². The maximum atomic E-state index is 13.0. The number of carbonyl (C=O) groups excluding carboxylic acids is 2. The standard InChI is InChI=1S/C27H32N2O5S/c30-25(28-13-15-29(16-14-28)26(31)27(32)11-12-27)23-8-6-22(7-9-23)24-3-1-2-21(18-24)19-35(33,34)17-10-20-4-5-20/h1-3,6-9,18,20,32H,4-5,10-17,19H2. The summed E-state index contributed by atoms with van der Waals surface area (Å²) < 4.78 is 25.0. The molecule has 1 heterocycles. The molecule has 0 atom stereocenters. The van der Waals surface area contributed by atoms with Gasteiger partial charge in [-0.3, -0.25) is 9.59 Å². The van der Waals surface area contributed by atoms with Gasteiger partial charge < -0.3 is 14.9 Å². The van der Waals surface area contributed by atoms with Gasteiger partial charge in [-0.05, 0) is 54.0 Å². The van der Waals surface area contributed by atoms with Gasteiger partial charge in [-0.1, -0.05) is 49.2 Å². The molecule has 7 nitrogen and oxygen atoms in total. The Hall–Kier alpha value is -2.71. The second kappa shape index (κ2) is 9.39. The van der Waals surface area contributed by atoms with Crippen molar-refractivity contribution in [1.29, 1.82) is 0 Å². The molecular weight excluding hydrogens is 464 g/mol. The summed E-state index contributed by atoms with van der Waals surface area (Å²) in [5.41, 5.74) is 2.03. The Balaban J connectivity index is 1.19. The van der Waals surface area contributed by atoms with E-state index in [9.17, 15) is 23.1 Å². The first kappa shape index (κ1) is 24.0. The van der Waals surface area contributed by atoms with Crippen molar-refractivity contribution in [2.24, 2.45) is 5.92 Å². The third-order valence-electron chi connectivity index (χ3n) is 7.29. The molecule has 3 fully saturated rings. The number of amides is 2. The first-order chi connectivity index (χ1) is 16.7. The van der Waals surface area contributed by atoms with E-state index < -0.39 is 15.4 Å². The summed E-state index contributed by atoms with van der Waals surface area (Å²) in [5.74, 6) is 0.605. The fraction of sp³-hybridized carbons (Fsp3) is 0.481. The second-order valence-electron chi connectivity index (χ2n) is 10.2. The predicted octanol–water partition coefficient (Wildman–Crippen LogP) is 2.88. The SMILES string of the molecule is O=C(c1ccc(-c2cccc(CS(=O)(=O)CCC3CC3)c2)cc1)N1CCN(C(=O)C2(O)CC2)CC1. The summed E-state index contributed by atoms with van der Waals surface area (Å²) in [4.78, 5) is 28.7. The topological polar surface area (TPSA) is 95.0 Å². The molecular formula is C27H32N2O5S. The fourth-order valence-corrected chi connectivity index (χ4v) is 6.17.